The van der Waals surface area contributed by atoms with Crippen molar-refractivity contribution in [1.82, 2.24) is 20.4 Å². The predicted octanol–water partition coefficient (Wildman–Crippen LogP) is 2.60. The highest BCUT2D eigenvalue weighted by Crippen LogP contribution is 2.11. The summed E-state index contributed by atoms with van der Waals surface area (Å²) < 4.78 is 0. The summed E-state index contributed by atoms with van der Waals surface area (Å²) in [6.07, 6.45) is 5.00. The molecule has 0 saturated carbocycles. The largest absolute Gasteiger partial charge is 0.357 e. The molecule has 1 aromatic rings. The second-order valence-electron chi connectivity index (χ2n) is 7.72. The summed E-state index contributed by atoms with van der Waals surface area (Å²) in [5.41, 5.74) is 2.52. The fourth-order valence-corrected chi connectivity index (χ4v) is 3.46. The van der Waals surface area contributed by atoms with Crippen LogP contribution in [0.15, 0.2) is 29.3 Å². The molecule has 1 aliphatic heterocycles. The summed E-state index contributed by atoms with van der Waals surface area (Å²) in [5, 5.41) is 6.71. The monoisotopic (exact) mass is 387 g/mol. The first kappa shape index (κ1) is 22.2. The third-order valence-corrected chi connectivity index (χ3v) is 4.82. The number of carbonyl (C=O) groups excluding carboxylic acids is 1. The molecule has 156 valence electrons. The highest BCUT2D eigenvalue weighted by Gasteiger charge is 2.15. The summed E-state index contributed by atoms with van der Waals surface area (Å²) in [4.78, 5) is 21.0. The van der Waals surface area contributed by atoms with Crippen LogP contribution in [0.25, 0.3) is 0 Å². The van der Waals surface area contributed by atoms with Gasteiger partial charge in [0.15, 0.2) is 5.96 Å². The average Bonchev–Trinajstić information content (AvgIpc) is 2.87. The number of nitrogens with one attached hydrogen (secondary N) is 2. The van der Waals surface area contributed by atoms with Gasteiger partial charge in [0.05, 0.1) is 6.54 Å². The van der Waals surface area contributed by atoms with Gasteiger partial charge in [0.25, 0.3) is 0 Å². The number of carbonyl (C=O) groups is 1. The summed E-state index contributed by atoms with van der Waals surface area (Å²) >= 11 is 0. The molecule has 1 aliphatic rings. The van der Waals surface area contributed by atoms with Gasteiger partial charge in [-0.3, -0.25) is 4.79 Å². The van der Waals surface area contributed by atoms with Gasteiger partial charge in [-0.25, -0.2) is 4.99 Å². The van der Waals surface area contributed by atoms with E-state index in [1.165, 1.54) is 17.5 Å². The van der Waals surface area contributed by atoms with Crippen LogP contribution in [-0.2, 0) is 17.9 Å². The number of nitrogens with zero attached hydrogens (tertiary/aromatic N) is 3. The second kappa shape index (κ2) is 12.4. The van der Waals surface area contributed by atoms with Gasteiger partial charge in [0, 0.05) is 39.1 Å². The van der Waals surface area contributed by atoms with Crippen LogP contribution in [0.2, 0.25) is 0 Å². The molecule has 1 amide bonds. The molecule has 0 spiro atoms. The summed E-state index contributed by atoms with van der Waals surface area (Å²) in [6.45, 7) is 7.05. The van der Waals surface area contributed by atoms with Crippen LogP contribution in [0.3, 0.4) is 0 Å². The first-order chi connectivity index (χ1) is 13.6. The number of hydrogen-bond donors (Lipinski definition) is 2. The first-order valence-corrected chi connectivity index (χ1v) is 10.6. The van der Waals surface area contributed by atoms with E-state index in [1.807, 2.05) is 4.90 Å². The molecule has 0 atom stereocenters. The molecule has 1 aromatic carbocycles. The van der Waals surface area contributed by atoms with E-state index in [0.717, 1.165) is 57.9 Å². The van der Waals surface area contributed by atoms with Gasteiger partial charge in [0.2, 0.25) is 5.91 Å². The lowest BCUT2D eigenvalue weighted by molar-refractivity contribution is -0.130. The smallest absolute Gasteiger partial charge is 0.222 e. The van der Waals surface area contributed by atoms with Crippen molar-refractivity contribution in [3.05, 3.63) is 35.4 Å². The first-order valence-electron chi connectivity index (χ1n) is 10.6. The number of amides is 1. The average molecular weight is 388 g/mol. The van der Waals surface area contributed by atoms with Crippen LogP contribution in [0.5, 0.6) is 0 Å². The van der Waals surface area contributed by atoms with Gasteiger partial charge in [-0.05, 0) is 51.4 Å². The SMILES string of the molecule is CCNC(=NCc1cccc(CN(C)C)c1)NCCCN1CCCCCC1=O. The standard InChI is InChI=1S/C22H37N5O/c1-4-23-22(24-13-9-15-27-14-7-5-6-12-21(27)28)25-17-19-10-8-11-20(16-19)18-26(2)3/h8,10-11,16H,4-7,9,12-15,17-18H2,1-3H3,(H2,23,24,25). The van der Waals surface area contributed by atoms with Gasteiger partial charge >= 0.3 is 0 Å². The van der Waals surface area contributed by atoms with Gasteiger partial charge in [-0.2, -0.15) is 0 Å². The molecule has 0 radical (unpaired) electrons. The van der Waals surface area contributed by atoms with Gasteiger partial charge < -0.3 is 20.4 Å². The van der Waals surface area contributed by atoms with Gasteiger partial charge in [-0.1, -0.05) is 30.7 Å². The van der Waals surface area contributed by atoms with Gasteiger partial charge in [-0.15, -0.1) is 0 Å². The molecule has 1 heterocycles. The molecular weight excluding hydrogens is 350 g/mol. The maximum absolute atomic E-state index is 12.1. The van der Waals surface area contributed by atoms with Crippen molar-refractivity contribution in [2.75, 3.05) is 40.3 Å². The van der Waals surface area contributed by atoms with Gasteiger partial charge in [0.1, 0.15) is 0 Å². The Balaban J connectivity index is 1.80. The Morgan fingerprint density at radius 3 is 2.79 bits per heavy atom. The van der Waals surface area contributed by atoms with Crippen LogP contribution in [-0.4, -0.2) is 61.9 Å². The molecular formula is C22H37N5O. The van der Waals surface area contributed by atoms with E-state index < -0.39 is 0 Å². The number of aliphatic imine (C=N–C) groups is 1. The van der Waals surface area contributed by atoms with E-state index >= 15 is 0 Å². The van der Waals surface area contributed by atoms with Crippen molar-refractivity contribution in [1.29, 1.82) is 0 Å². The Morgan fingerprint density at radius 2 is 2.00 bits per heavy atom. The Hall–Kier alpha value is -2.08. The Bertz CT molecular complexity index is 629. The van der Waals surface area contributed by atoms with E-state index in [1.54, 1.807) is 0 Å². The summed E-state index contributed by atoms with van der Waals surface area (Å²) in [6, 6.07) is 8.60. The molecule has 1 fully saturated rings. The van der Waals surface area contributed by atoms with E-state index in [4.69, 9.17) is 4.99 Å². The molecule has 0 bridgehead atoms. The van der Waals surface area contributed by atoms with E-state index in [2.05, 4.69) is 60.8 Å². The van der Waals surface area contributed by atoms with Crippen LogP contribution >= 0.6 is 0 Å². The van der Waals surface area contributed by atoms with Crippen LogP contribution in [0.4, 0.5) is 0 Å². The van der Waals surface area contributed by atoms with Crippen LogP contribution in [0, 0.1) is 0 Å². The Kier molecular flexibility index (Phi) is 9.83. The van der Waals surface area contributed by atoms with Crippen molar-refractivity contribution in [2.24, 2.45) is 4.99 Å². The third kappa shape index (κ3) is 8.30. The maximum Gasteiger partial charge on any atom is 0.222 e. The topological polar surface area (TPSA) is 60.0 Å². The molecule has 2 N–H and O–H groups in total. The Morgan fingerprint density at radius 1 is 1.18 bits per heavy atom. The molecule has 0 aromatic heterocycles. The lowest BCUT2D eigenvalue weighted by Crippen LogP contribution is -2.39. The molecule has 0 unspecified atom stereocenters. The molecule has 2 rings (SSSR count). The zero-order valence-corrected chi connectivity index (χ0v) is 17.8. The number of hydrogen-bond acceptors (Lipinski definition) is 3. The molecule has 28 heavy (non-hydrogen) atoms. The van der Waals surface area contributed by atoms with Crippen molar-refractivity contribution >= 4 is 11.9 Å². The number of likely N-dealkylation sites (tertiary alicyclic amines) is 1. The minimum absolute atomic E-state index is 0.315. The van der Waals surface area contributed by atoms with Crippen LogP contribution < -0.4 is 10.6 Å². The van der Waals surface area contributed by atoms with Crippen molar-refractivity contribution in [3.8, 4) is 0 Å². The minimum Gasteiger partial charge on any atom is -0.357 e. The van der Waals surface area contributed by atoms with E-state index in [9.17, 15) is 4.79 Å². The highest BCUT2D eigenvalue weighted by atomic mass is 16.2. The normalized spacial score (nSPS) is 15.6. The zero-order chi connectivity index (χ0) is 20.2. The minimum atomic E-state index is 0.315. The third-order valence-electron chi connectivity index (χ3n) is 4.82. The van der Waals surface area contributed by atoms with Crippen LogP contribution in [0.1, 0.15) is 50.2 Å². The zero-order valence-electron chi connectivity index (χ0n) is 17.8. The van der Waals surface area contributed by atoms with Crippen molar-refractivity contribution < 1.29 is 4.79 Å². The number of guanidine groups is 1. The maximum atomic E-state index is 12.1. The predicted molar refractivity (Wildman–Crippen MR) is 116 cm³/mol. The van der Waals surface area contributed by atoms with E-state index in [-0.39, 0.29) is 0 Å². The lowest BCUT2D eigenvalue weighted by Gasteiger charge is -2.20. The fraction of sp³-hybridized carbons (Fsp3) is 0.636. The molecule has 6 nitrogen and oxygen atoms in total. The lowest BCUT2D eigenvalue weighted by atomic mass is 10.1. The molecule has 0 aliphatic carbocycles. The fourth-order valence-electron chi connectivity index (χ4n) is 3.46. The summed E-state index contributed by atoms with van der Waals surface area (Å²) in [7, 11) is 4.16. The highest BCUT2D eigenvalue weighted by molar-refractivity contribution is 5.79. The second-order valence-corrected chi connectivity index (χ2v) is 7.72. The Labute approximate surface area is 170 Å². The molecule has 6 heteroatoms. The van der Waals surface area contributed by atoms with Crippen molar-refractivity contribution in [3.63, 3.8) is 0 Å². The number of benzene rings is 1. The number of rotatable bonds is 9. The molecule has 1 saturated heterocycles. The summed E-state index contributed by atoms with van der Waals surface area (Å²) in [5.74, 6) is 1.15. The van der Waals surface area contributed by atoms with Crippen molar-refractivity contribution in [2.45, 2.75) is 52.1 Å². The quantitative estimate of drug-likeness (QED) is 0.388. The van der Waals surface area contributed by atoms with E-state index in [0.29, 0.717) is 18.9 Å².